The molecule has 1 spiro atoms. The van der Waals surface area contributed by atoms with Gasteiger partial charge in [-0.1, -0.05) is 11.6 Å². The first kappa shape index (κ1) is 12.2. The summed E-state index contributed by atoms with van der Waals surface area (Å²) >= 11 is 5.82. The molecule has 5 nitrogen and oxygen atoms in total. The number of hydrogen-bond acceptors (Lipinski definition) is 4. The van der Waals surface area contributed by atoms with Gasteiger partial charge in [-0.3, -0.25) is 9.59 Å². The first-order valence-electron chi connectivity index (χ1n) is 5.71. The van der Waals surface area contributed by atoms with Gasteiger partial charge in [0.25, 0.3) is 5.91 Å². The summed E-state index contributed by atoms with van der Waals surface area (Å²) in [6, 6.07) is 5.16. The summed E-state index contributed by atoms with van der Waals surface area (Å²) in [4.78, 5) is 25.4. The van der Waals surface area contributed by atoms with Gasteiger partial charge in [0, 0.05) is 6.42 Å². The molecule has 2 atom stereocenters. The van der Waals surface area contributed by atoms with E-state index in [1.807, 2.05) is 0 Å². The van der Waals surface area contributed by atoms with Gasteiger partial charge in [0.15, 0.2) is 5.54 Å². The summed E-state index contributed by atoms with van der Waals surface area (Å²) in [7, 11) is 0. The normalized spacial score (nSPS) is 29.8. The first-order valence-corrected chi connectivity index (χ1v) is 6.14. The molecule has 1 fully saturated rings. The number of rotatable bonds is 1. The summed E-state index contributed by atoms with van der Waals surface area (Å²) < 4.78 is 12.9. The van der Waals surface area contributed by atoms with Gasteiger partial charge in [-0.2, -0.15) is 10.2 Å². The Labute approximate surface area is 113 Å². The number of hydrogen-bond donors (Lipinski definition) is 0. The van der Waals surface area contributed by atoms with E-state index in [0.29, 0.717) is 5.69 Å². The number of carbonyl (C=O) groups excluding carboxylic acids is 2. The van der Waals surface area contributed by atoms with Crippen LogP contribution in [0.4, 0.5) is 10.1 Å². The minimum absolute atomic E-state index is 0.0457. The van der Waals surface area contributed by atoms with Crippen LogP contribution in [0.2, 0.25) is 0 Å². The van der Waals surface area contributed by atoms with E-state index in [4.69, 9.17) is 11.6 Å². The van der Waals surface area contributed by atoms with Crippen molar-refractivity contribution in [1.29, 1.82) is 0 Å². The number of azo groups is 1. The Morgan fingerprint density at radius 1 is 1.32 bits per heavy atom. The van der Waals surface area contributed by atoms with E-state index in [0.717, 1.165) is 4.90 Å². The summed E-state index contributed by atoms with van der Waals surface area (Å²) in [6.07, 6.45) is 0.173. The van der Waals surface area contributed by atoms with Crippen LogP contribution in [-0.4, -0.2) is 22.9 Å². The van der Waals surface area contributed by atoms with Crippen LogP contribution in [0.1, 0.15) is 12.8 Å². The maximum atomic E-state index is 12.9. The quantitative estimate of drug-likeness (QED) is 0.450. The summed E-state index contributed by atoms with van der Waals surface area (Å²) in [6.45, 7) is 0. The maximum Gasteiger partial charge on any atom is 0.264 e. The van der Waals surface area contributed by atoms with Crippen LogP contribution >= 0.6 is 11.6 Å². The van der Waals surface area contributed by atoms with Gasteiger partial charge in [0.2, 0.25) is 5.91 Å². The highest BCUT2D eigenvalue weighted by molar-refractivity contribution is 6.26. The Hall–Kier alpha value is -1.82. The monoisotopic (exact) mass is 281 g/mol. The lowest BCUT2D eigenvalue weighted by Gasteiger charge is -2.17. The molecule has 0 N–H and O–H groups in total. The molecule has 0 aromatic heterocycles. The number of benzene rings is 1. The van der Waals surface area contributed by atoms with E-state index in [2.05, 4.69) is 10.2 Å². The summed E-state index contributed by atoms with van der Waals surface area (Å²) in [5, 5.41) is 7.61. The Morgan fingerprint density at radius 3 is 2.58 bits per heavy atom. The zero-order chi connectivity index (χ0) is 13.6. The van der Waals surface area contributed by atoms with Gasteiger partial charge in [-0.25, -0.2) is 9.29 Å². The Morgan fingerprint density at radius 2 is 2.00 bits per heavy atom. The molecule has 7 heteroatoms. The van der Waals surface area contributed by atoms with Crippen LogP contribution in [0, 0.1) is 5.82 Å². The molecule has 98 valence electrons. The van der Waals surface area contributed by atoms with E-state index in [1.165, 1.54) is 24.3 Å². The van der Waals surface area contributed by atoms with Crippen molar-refractivity contribution in [2.24, 2.45) is 10.2 Å². The van der Waals surface area contributed by atoms with Crippen molar-refractivity contribution in [3.8, 4) is 0 Å². The average Bonchev–Trinajstić information content (AvgIpc) is 2.84. The molecule has 0 saturated carbocycles. The van der Waals surface area contributed by atoms with Crippen molar-refractivity contribution in [1.82, 2.24) is 0 Å². The summed E-state index contributed by atoms with van der Waals surface area (Å²) in [5.41, 5.74) is -1.41. The highest BCUT2D eigenvalue weighted by Gasteiger charge is 2.56. The zero-order valence-corrected chi connectivity index (χ0v) is 10.5. The molecule has 1 aromatic carbocycles. The van der Waals surface area contributed by atoms with Crippen LogP contribution in [0.25, 0.3) is 0 Å². The molecular weight excluding hydrogens is 273 g/mol. The van der Waals surface area contributed by atoms with Crippen LogP contribution in [0.15, 0.2) is 34.5 Å². The largest absolute Gasteiger partial charge is 0.274 e. The van der Waals surface area contributed by atoms with Gasteiger partial charge < -0.3 is 0 Å². The van der Waals surface area contributed by atoms with Crippen molar-refractivity contribution in [3.05, 3.63) is 30.1 Å². The number of carbonyl (C=O) groups is 2. The fourth-order valence-electron chi connectivity index (χ4n) is 2.35. The van der Waals surface area contributed by atoms with Crippen molar-refractivity contribution >= 4 is 29.1 Å². The summed E-state index contributed by atoms with van der Waals surface area (Å²) in [5.74, 6) is -1.25. The highest BCUT2D eigenvalue weighted by atomic mass is 35.5. The van der Waals surface area contributed by atoms with Crippen molar-refractivity contribution < 1.29 is 14.0 Å². The van der Waals surface area contributed by atoms with Crippen molar-refractivity contribution in [3.63, 3.8) is 0 Å². The lowest BCUT2D eigenvalue weighted by Crippen LogP contribution is -2.38. The average molecular weight is 282 g/mol. The molecule has 0 aliphatic carbocycles. The molecule has 0 bridgehead atoms. The molecule has 0 radical (unpaired) electrons. The molecular formula is C12H9ClFN3O2. The number of halogens is 2. The van der Waals surface area contributed by atoms with Gasteiger partial charge >= 0.3 is 0 Å². The predicted molar refractivity (Wildman–Crippen MR) is 65.4 cm³/mol. The van der Waals surface area contributed by atoms with Crippen LogP contribution in [0.5, 0.6) is 0 Å². The minimum atomic E-state index is -1.17. The number of alkyl halides is 1. The van der Waals surface area contributed by atoms with E-state index in [-0.39, 0.29) is 18.7 Å². The molecule has 0 unspecified atom stereocenters. The highest BCUT2D eigenvalue weighted by Crippen LogP contribution is 2.40. The van der Waals surface area contributed by atoms with E-state index < -0.39 is 22.8 Å². The SMILES string of the molecule is O=C1C[C@@]2(C[C@@H](Cl)N=N2)C(=O)N1c1ccc(F)cc1. The molecule has 1 saturated heterocycles. The second-order valence-electron chi connectivity index (χ2n) is 4.57. The van der Waals surface area contributed by atoms with Crippen molar-refractivity contribution in [2.75, 3.05) is 4.90 Å². The molecule has 2 heterocycles. The topological polar surface area (TPSA) is 62.1 Å². The standard InChI is InChI=1S/C12H9ClFN3O2/c13-9-5-12(16-15-9)6-10(18)17(11(12)19)8-3-1-7(14)2-4-8/h1-4,9H,5-6H2/t9-,12-/m0/s1. The number of anilines is 1. The second-order valence-corrected chi connectivity index (χ2v) is 5.08. The number of imide groups is 1. The van der Waals surface area contributed by atoms with E-state index in [1.54, 1.807) is 0 Å². The number of amides is 2. The van der Waals surface area contributed by atoms with Crippen LogP contribution in [-0.2, 0) is 9.59 Å². The van der Waals surface area contributed by atoms with Crippen LogP contribution in [0.3, 0.4) is 0 Å². The van der Waals surface area contributed by atoms with E-state index in [9.17, 15) is 14.0 Å². The van der Waals surface area contributed by atoms with Gasteiger partial charge in [0.1, 0.15) is 11.3 Å². The zero-order valence-electron chi connectivity index (χ0n) is 9.72. The van der Waals surface area contributed by atoms with E-state index >= 15 is 0 Å². The van der Waals surface area contributed by atoms with Gasteiger partial charge in [0.05, 0.1) is 12.1 Å². The third-order valence-electron chi connectivity index (χ3n) is 3.26. The minimum Gasteiger partial charge on any atom is -0.274 e. The Bertz CT molecular complexity index is 589. The van der Waals surface area contributed by atoms with Crippen LogP contribution < -0.4 is 4.90 Å². The lowest BCUT2D eigenvalue weighted by atomic mass is 9.95. The second kappa shape index (κ2) is 4.09. The van der Waals surface area contributed by atoms with Gasteiger partial charge in [-0.05, 0) is 24.3 Å². The third kappa shape index (κ3) is 1.83. The fourth-order valence-corrected chi connectivity index (χ4v) is 2.65. The third-order valence-corrected chi connectivity index (χ3v) is 3.50. The first-order chi connectivity index (χ1) is 9.02. The molecule has 2 aliphatic rings. The molecule has 3 rings (SSSR count). The molecule has 2 aliphatic heterocycles. The molecule has 19 heavy (non-hydrogen) atoms. The Balaban J connectivity index is 1.96. The smallest absolute Gasteiger partial charge is 0.264 e. The molecule has 1 aromatic rings. The number of nitrogens with zero attached hydrogens (tertiary/aromatic N) is 3. The molecule has 2 amide bonds. The maximum absolute atomic E-state index is 12.9. The van der Waals surface area contributed by atoms with Gasteiger partial charge in [-0.15, -0.1) is 0 Å². The van der Waals surface area contributed by atoms with Crippen molar-refractivity contribution in [2.45, 2.75) is 23.9 Å². The fraction of sp³-hybridized carbons (Fsp3) is 0.333. The lowest BCUT2D eigenvalue weighted by molar-refractivity contribution is -0.122. The predicted octanol–water partition coefficient (Wildman–Crippen LogP) is 2.25. The Kier molecular flexibility index (Phi) is 2.63.